The van der Waals surface area contributed by atoms with Crippen LogP contribution in [0.15, 0.2) is 60.0 Å². The summed E-state index contributed by atoms with van der Waals surface area (Å²) in [6, 6.07) is 14.7. The molecule has 0 bridgehead atoms. The molecular weight excluding hydrogens is 388 g/mol. The second kappa shape index (κ2) is 9.66. The van der Waals surface area contributed by atoms with Gasteiger partial charge in [0.1, 0.15) is 11.5 Å². The summed E-state index contributed by atoms with van der Waals surface area (Å²) in [6.07, 6.45) is 2.80. The number of rotatable bonds is 7. The minimum atomic E-state index is -0.604. The van der Waals surface area contributed by atoms with Gasteiger partial charge in [-0.15, -0.1) is 11.3 Å². The van der Waals surface area contributed by atoms with Crippen molar-refractivity contribution in [3.8, 4) is 11.5 Å². The number of benzene rings is 2. The van der Waals surface area contributed by atoms with Crippen molar-refractivity contribution in [2.24, 2.45) is 0 Å². The van der Waals surface area contributed by atoms with Gasteiger partial charge in [0.25, 0.3) is 5.91 Å². The topological polar surface area (TPSA) is 77.5 Å². The van der Waals surface area contributed by atoms with Gasteiger partial charge in [0.05, 0.1) is 10.7 Å². The van der Waals surface area contributed by atoms with E-state index in [2.05, 4.69) is 10.3 Å². The first-order chi connectivity index (χ1) is 14.0. The Morgan fingerprint density at radius 3 is 2.59 bits per heavy atom. The number of carbonyl (C=O) groups excluding carboxylic acids is 2. The van der Waals surface area contributed by atoms with Gasteiger partial charge in [-0.2, -0.15) is 0 Å². The molecule has 0 spiro atoms. The van der Waals surface area contributed by atoms with Crippen molar-refractivity contribution in [3.63, 3.8) is 0 Å². The Kier molecular flexibility index (Phi) is 6.76. The van der Waals surface area contributed by atoms with Crippen molar-refractivity contribution in [1.82, 2.24) is 4.98 Å². The molecule has 0 saturated heterocycles. The first-order valence-corrected chi connectivity index (χ1v) is 9.77. The summed E-state index contributed by atoms with van der Waals surface area (Å²) in [4.78, 5) is 27.9. The molecule has 29 heavy (non-hydrogen) atoms. The van der Waals surface area contributed by atoms with E-state index in [1.807, 2.05) is 43.5 Å². The maximum absolute atomic E-state index is 12.0. The first kappa shape index (κ1) is 20.3. The number of ether oxygens (including phenoxy) is 2. The second-order valence-electron chi connectivity index (χ2n) is 6.22. The van der Waals surface area contributed by atoms with Crippen LogP contribution < -0.4 is 10.1 Å². The van der Waals surface area contributed by atoms with Crippen molar-refractivity contribution >= 4 is 35.0 Å². The fourth-order valence-corrected chi connectivity index (χ4v) is 2.99. The molecule has 0 fully saturated rings. The third kappa shape index (κ3) is 6.58. The van der Waals surface area contributed by atoms with Crippen molar-refractivity contribution in [2.45, 2.75) is 13.8 Å². The molecule has 3 rings (SSSR count). The fourth-order valence-electron chi connectivity index (χ4n) is 2.41. The molecule has 1 heterocycles. The fraction of sp³-hybridized carbons (Fsp3) is 0.136. The molecule has 0 saturated carbocycles. The first-order valence-electron chi connectivity index (χ1n) is 8.89. The molecule has 1 N–H and O–H groups in total. The molecule has 0 radical (unpaired) electrons. The van der Waals surface area contributed by atoms with E-state index in [4.69, 9.17) is 9.47 Å². The smallest absolute Gasteiger partial charge is 0.331 e. The van der Waals surface area contributed by atoms with Crippen molar-refractivity contribution < 1.29 is 19.1 Å². The van der Waals surface area contributed by atoms with Gasteiger partial charge in [0.2, 0.25) is 0 Å². The van der Waals surface area contributed by atoms with Crippen LogP contribution in [0.2, 0.25) is 0 Å². The van der Waals surface area contributed by atoms with Crippen LogP contribution >= 0.6 is 11.3 Å². The molecule has 2 aromatic carbocycles. The maximum atomic E-state index is 12.0. The Labute approximate surface area is 172 Å². The number of nitrogens with one attached hydrogen (secondary N) is 1. The van der Waals surface area contributed by atoms with Crippen LogP contribution in [0.3, 0.4) is 0 Å². The summed E-state index contributed by atoms with van der Waals surface area (Å²) < 4.78 is 10.7. The highest BCUT2D eigenvalue weighted by molar-refractivity contribution is 7.09. The minimum Gasteiger partial charge on any atom is -0.457 e. The monoisotopic (exact) mass is 408 g/mol. The summed E-state index contributed by atoms with van der Waals surface area (Å²) in [5.74, 6) is 0.369. The number of aromatic nitrogens is 1. The average Bonchev–Trinajstić information content (AvgIpc) is 3.11. The number of amides is 1. The number of hydrogen-bond donors (Lipinski definition) is 1. The summed E-state index contributed by atoms with van der Waals surface area (Å²) in [5, 5.41) is 5.41. The molecule has 7 heteroatoms. The Bertz CT molecular complexity index is 1030. The van der Waals surface area contributed by atoms with Gasteiger partial charge in [0.15, 0.2) is 6.61 Å². The Hall–Kier alpha value is -3.45. The predicted octanol–water partition coefficient (Wildman–Crippen LogP) is 4.75. The Balaban J connectivity index is 1.45. The highest BCUT2D eigenvalue weighted by Gasteiger charge is 2.06. The largest absolute Gasteiger partial charge is 0.457 e. The normalized spacial score (nSPS) is 10.7. The summed E-state index contributed by atoms with van der Waals surface area (Å²) in [5.41, 5.74) is 2.37. The molecule has 0 aliphatic rings. The molecule has 3 aromatic rings. The van der Waals surface area contributed by atoms with E-state index in [0.29, 0.717) is 17.1 Å². The lowest BCUT2D eigenvalue weighted by atomic mass is 10.2. The predicted molar refractivity (Wildman–Crippen MR) is 113 cm³/mol. The standard InChI is InChI=1S/C22H20N2O4S/c1-15-4-3-5-20(12-15)28-19-9-6-17(7-10-19)24-21(25)13-27-22(26)11-8-18-14-29-16(2)23-18/h3-12,14H,13H2,1-2H3,(H,24,25). The molecule has 148 valence electrons. The van der Waals surface area contributed by atoms with E-state index in [0.717, 1.165) is 16.3 Å². The maximum Gasteiger partial charge on any atom is 0.331 e. The Morgan fingerprint density at radius 2 is 1.90 bits per heavy atom. The van der Waals surface area contributed by atoms with Crippen LogP contribution in [0.5, 0.6) is 11.5 Å². The van der Waals surface area contributed by atoms with Crippen molar-refractivity contribution in [2.75, 3.05) is 11.9 Å². The third-order valence-electron chi connectivity index (χ3n) is 3.74. The van der Waals surface area contributed by atoms with Crippen molar-refractivity contribution in [1.29, 1.82) is 0 Å². The van der Waals surface area contributed by atoms with Crippen LogP contribution in [-0.2, 0) is 14.3 Å². The van der Waals surface area contributed by atoms with Crippen LogP contribution in [0.4, 0.5) is 5.69 Å². The zero-order chi connectivity index (χ0) is 20.6. The van der Waals surface area contributed by atoms with Gasteiger partial charge in [0, 0.05) is 17.1 Å². The van der Waals surface area contributed by atoms with Gasteiger partial charge in [-0.25, -0.2) is 9.78 Å². The van der Waals surface area contributed by atoms with Gasteiger partial charge in [-0.1, -0.05) is 12.1 Å². The van der Waals surface area contributed by atoms with Gasteiger partial charge >= 0.3 is 5.97 Å². The number of esters is 1. The van der Waals surface area contributed by atoms with Crippen LogP contribution in [0.1, 0.15) is 16.3 Å². The quantitative estimate of drug-likeness (QED) is 0.451. The van der Waals surface area contributed by atoms with E-state index < -0.39 is 11.9 Å². The average molecular weight is 408 g/mol. The molecule has 0 atom stereocenters. The highest BCUT2D eigenvalue weighted by Crippen LogP contribution is 2.23. The third-order valence-corrected chi connectivity index (χ3v) is 4.53. The zero-order valence-corrected chi connectivity index (χ0v) is 16.9. The molecule has 0 aliphatic heterocycles. The number of aryl methyl sites for hydroxylation is 2. The van der Waals surface area contributed by atoms with Gasteiger partial charge < -0.3 is 14.8 Å². The second-order valence-corrected chi connectivity index (χ2v) is 7.29. The number of thiazole rings is 1. The molecule has 6 nitrogen and oxygen atoms in total. The van der Waals surface area contributed by atoms with E-state index >= 15 is 0 Å². The molecule has 0 unspecified atom stereocenters. The summed E-state index contributed by atoms with van der Waals surface area (Å²) in [6.45, 7) is 3.50. The van der Waals surface area contributed by atoms with Gasteiger partial charge in [-0.3, -0.25) is 4.79 Å². The summed E-state index contributed by atoms with van der Waals surface area (Å²) in [7, 11) is 0. The number of hydrogen-bond acceptors (Lipinski definition) is 6. The lowest BCUT2D eigenvalue weighted by Gasteiger charge is -2.08. The van der Waals surface area contributed by atoms with E-state index in [1.54, 1.807) is 30.3 Å². The zero-order valence-electron chi connectivity index (χ0n) is 16.0. The Morgan fingerprint density at radius 1 is 1.10 bits per heavy atom. The molecule has 1 aromatic heterocycles. The van der Waals surface area contributed by atoms with E-state index in [-0.39, 0.29) is 6.61 Å². The van der Waals surface area contributed by atoms with Crippen LogP contribution in [0, 0.1) is 13.8 Å². The minimum absolute atomic E-state index is 0.374. The van der Waals surface area contributed by atoms with Crippen LogP contribution in [-0.4, -0.2) is 23.5 Å². The molecule has 0 aliphatic carbocycles. The molecular formula is C22H20N2O4S. The lowest BCUT2D eigenvalue weighted by Crippen LogP contribution is -2.20. The number of nitrogens with zero attached hydrogens (tertiary/aromatic N) is 1. The summed E-state index contributed by atoms with van der Waals surface area (Å²) >= 11 is 1.49. The van der Waals surface area contributed by atoms with Gasteiger partial charge in [-0.05, 0) is 61.9 Å². The SMILES string of the molecule is Cc1cccc(Oc2ccc(NC(=O)COC(=O)C=Cc3csc(C)n3)cc2)c1. The van der Waals surface area contributed by atoms with E-state index in [1.165, 1.54) is 17.4 Å². The van der Waals surface area contributed by atoms with Crippen molar-refractivity contribution in [3.05, 3.63) is 76.3 Å². The van der Waals surface area contributed by atoms with Crippen LogP contribution in [0.25, 0.3) is 6.08 Å². The van der Waals surface area contributed by atoms with E-state index in [9.17, 15) is 9.59 Å². The highest BCUT2D eigenvalue weighted by atomic mass is 32.1. The lowest BCUT2D eigenvalue weighted by molar-refractivity contribution is -0.142. The number of anilines is 1. The number of carbonyl (C=O) groups is 2. The molecule has 1 amide bonds.